The third-order valence-electron chi connectivity index (χ3n) is 3.78. The molecule has 22 heavy (non-hydrogen) atoms. The second kappa shape index (κ2) is 6.53. The van der Waals surface area contributed by atoms with E-state index in [9.17, 15) is 0 Å². The number of benzene rings is 1. The van der Waals surface area contributed by atoms with E-state index in [1.165, 1.54) is 10.4 Å². The first-order valence-electron chi connectivity index (χ1n) is 7.40. The van der Waals surface area contributed by atoms with Crippen LogP contribution < -0.4 is 9.64 Å². The summed E-state index contributed by atoms with van der Waals surface area (Å²) in [7, 11) is 3.73. The van der Waals surface area contributed by atoms with E-state index < -0.39 is 0 Å². The minimum atomic E-state index is 0.395. The highest BCUT2D eigenvalue weighted by atomic mass is 32.1. The van der Waals surface area contributed by atoms with Gasteiger partial charge in [0.25, 0.3) is 0 Å². The monoisotopic (exact) mass is 316 g/mol. The van der Waals surface area contributed by atoms with Crippen molar-refractivity contribution in [2.75, 3.05) is 19.1 Å². The van der Waals surface area contributed by atoms with Crippen LogP contribution in [-0.2, 0) is 0 Å². The molecule has 118 valence electrons. The molecular formula is C18H24N2OS. The predicted molar refractivity (Wildman–Crippen MR) is 96.0 cm³/mol. The van der Waals surface area contributed by atoms with E-state index in [1.807, 2.05) is 13.1 Å². The molecule has 4 heteroatoms. The van der Waals surface area contributed by atoms with E-state index in [2.05, 4.69) is 51.3 Å². The minimum Gasteiger partial charge on any atom is -0.496 e. The third kappa shape index (κ3) is 3.17. The summed E-state index contributed by atoms with van der Waals surface area (Å²) in [5.41, 5.74) is 4.27. The molecule has 2 rings (SSSR count). The Hall–Kier alpha value is -1.81. The Morgan fingerprint density at radius 2 is 2.00 bits per heavy atom. The number of ether oxygens (including phenoxy) is 1. The van der Waals surface area contributed by atoms with Crippen LogP contribution in [0.3, 0.4) is 0 Å². The van der Waals surface area contributed by atoms with E-state index in [0.29, 0.717) is 5.92 Å². The average molecular weight is 316 g/mol. The fourth-order valence-electron chi connectivity index (χ4n) is 2.28. The van der Waals surface area contributed by atoms with Crippen LogP contribution >= 0.6 is 11.3 Å². The Labute approximate surface area is 137 Å². The number of aryl methyl sites for hydroxylation is 2. The average Bonchev–Trinajstić information content (AvgIpc) is 2.87. The molecule has 0 aliphatic heterocycles. The van der Waals surface area contributed by atoms with Crippen LogP contribution in [0.5, 0.6) is 5.75 Å². The lowest BCUT2D eigenvalue weighted by Crippen LogP contribution is -2.19. The molecule has 0 spiro atoms. The van der Waals surface area contributed by atoms with E-state index in [1.54, 1.807) is 18.4 Å². The Bertz CT molecular complexity index is 688. The first-order chi connectivity index (χ1) is 10.3. The molecule has 0 atom stereocenters. The number of thiazole rings is 1. The molecule has 0 saturated carbocycles. The molecule has 0 aliphatic carbocycles. The van der Waals surface area contributed by atoms with Crippen molar-refractivity contribution in [3.05, 3.63) is 40.9 Å². The molecule has 0 aliphatic rings. The number of hydrogen-bond acceptors (Lipinski definition) is 4. The molecule has 1 aromatic carbocycles. The Balaban J connectivity index is 2.45. The van der Waals surface area contributed by atoms with Crippen molar-refractivity contribution in [2.45, 2.75) is 27.7 Å². The molecule has 0 radical (unpaired) electrons. The number of hydrogen-bond donors (Lipinski definition) is 0. The fraction of sp³-hybridized carbons (Fsp3) is 0.389. The van der Waals surface area contributed by atoms with Crippen molar-refractivity contribution in [3.63, 3.8) is 0 Å². The normalized spacial score (nSPS) is 10.9. The van der Waals surface area contributed by atoms with Gasteiger partial charge in [-0.1, -0.05) is 26.5 Å². The topological polar surface area (TPSA) is 25.4 Å². The van der Waals surface area contributed by atoms with Gasteiger partial charge in [-0.2, -0.15) is 0 Å². The maximum atomic E-state index is 5.52. The maximum Gasteiger partial charge on any atom is 0.190 e. The summed E-state index contributed by atoms with van der Waals surface area (Å²) in [5.74, 6) is 1.26. The van der Waals surface area contributed by atoms with Crippen LogP contribution in [0.2, 0.25) is 0 Å². The zero-order chi connectivity index (χ0) is 16.4. The lowest BCUT2D eigenvalue weighted by molar-refractivity contribution is 0.416. The molecule has 0 fully saturated rings. The second-order valence-electron chi connectivity index (χ2n) is 5.81. The van der Waals surface area contributed by atoms with Gasteiger partial charge in [0.2, 0.25) is 0 Å². The van der Waals surface area contributed by atoms with Crippen LogP contribution in [0.1, 0.15) is 24.3 Å². The summed E-state index contributed by atoms with van der Waals surface area (Å²) in [4.78, 5) is 8.08. The molecule has 0 bridgehead atoms. The zero-order valence-corrected chi connectivity index (χ0v) is 15.0. The minimum absolute atomic E-state index is 0.395. The number of aromatic nitrogens is 1. The van der Waals surface area contributed by atoms with Crippen molar-refractivity contribution in [1.82, 2.24) is 4.98 Å². The van der Waals surface area contributed by atoms with Crippen molar-refractivity contribution in [1.29, 1.82) is 0 Å². The highest BCUT2D eigenvalue weighted by Crippen LogP contribution is 2.38. The molecular weight excluding hydrogens is 292 g/mol. The Kier molecular flexibility index (Phi) is 4.91. The molecule has 1 aromatic heterocycles. The number of rotatable bonds is 5. The predicted octanol–water partition coefficient (Wildman–Crippen LogP) is 5.04. The van der Waals surface area contributed by atoms with Gasteiger partial charge in [0.05, 0.1) is 12.8 Å². The first-order valence-corrected chi connectivity index (χ1v) is 8.21. The van der Waals surface area contributed by atoms with Crippen LogP contribution in [0, 0.1) is 19.8 Å². The molecule has 0 saturated heterocycles. The van der Waals surface area contributed by atoms with Gasteiger partial charge in [-0.3, -0.25) is 0 Å². The molecule has 0 N–H and O–H groups in total. The summed E-state index contributed by atoms with van der Waals surface area (Å²) < 4.78 is 5.52. The van der Waals surface area contributed by atoms with E-state index in [-0.39, 0.29) is 0 Å². The second-order valence-corrected chi connectivity index (χ2v) is 6.99. The molecule has 0 amide bonds. The summed E-state index contributed by atoms with van der Waals surface area (Å²) in [5, 5.41) is 0.967. The molecule has 1 heterocycles. The van der Waals surface area contributed by atoms with E-state index >= 15 is 0 Å². The molecule has 2 aromatic rings. The standard InChI is InChI=1S/C18H24N2OS/c1-11(2)13(4)20(6)18-19-17(14(5)22-18)15-9-8-12(3)10-16(15)21-7/h8-11H,4H2,1-3,5-7H3. The summed E-state index contributed by atoms with van der Waals surface area (Å²) >= 11 is 1.68. The van der Waals surface area contributed by atoms with Crippen LogP contribution in [0.25, 0.3) is 11.3 Å². The van der Waals surface area contributed by atoms with Gasteiger partial charge >= 0.3 is 0 Å². The number of anilines is 1. The summed E-state index contributed by atoms with van der Waals surface area (Å²) in [6.07, 6.45) is 0. The number of allylic oxidation sites excluding steroid dienone is 1. The van der Waals surface area contributed by atoms with Crippen molar-refractivity contribution < 1.29 is 4.74 Å². The smallest absolute Gasteiger partial charge is 0.190 e. The summed E-state index contributed by atoms with van der Waals surface area (Å²) in [6.45, 7) is 12.6. The highest BCUT2D eigenvalue weighted by molar-refractivity contribution is 7.16. The van der Waals surface area contributed by atoms with Gasteiger partial charge in [0.15, 0.2) is 5.13 Å². The first kappa shape index (κ1) is 16.6. The zero-order valence-electron chi connectivity index (χ0n) is 14.2. The fourth-order valence-corrected chi connectivity index (χ4v) is 3.20. The largest absolute Gasteiger partial charge is 0.496 e. The SMILES string of the molecule is C=C(C(C)C)N(C)c1nc(-c2ccc(C)cc2OC)c(C)s1. The lowest BCUT2D eigenvalue weighted by Gasteiger charge is -2.21. The lowest BCUT2D eigenvalue weighted by atomic mass is 10.1. The van der Waals surface area contributed by atoms with E-state index in [0.717, 1.165) is 27.8 Å². The van der Waals surface area contributed by atoms with Crippen LogP contribution in [-0.4, -0.2) is 19.1 Å². The van der Waals surface area contributed by atoms with Gasteiger partial charge in [-0.05, 0) is 37.5 Å². The Morgan fingerprint density at radius 1 is 1.32 bits per heavy atom. The van der Waals surface area contributed by atoms with Crippen LogP contribution in [0.4, 0.5) is 5.13 Å². The molecule has 3 nitrogen and oxygen atoms in total. The van der Waals surface area contributed by atoms with Gasteiger partial charge in [-0.25, -0.2) is 4.98 Å². The summed E-state index contributed by atoms with van der Waals surface area (Å²) in [6, 6.07) is 6.22. The van der Waals surface area contributed by atoms with E-state index in [4.69, 9.17) is 9.72 Å². The van der Waals surface area contributed by atoms with Crippen molar-refractivity contribution in [3.8, 4) is 17.0 Å². The van der Waals surface area contributed by atoms with Crippen molar-refractivity contribution >= 4 is 16.5 Å². The Morgan fingerprint density at radius 3 is 2.59 bits per heavy atom. The van der Waals surface area contributed by atoms with Crippen LogP contribution in [0.15, 0.2) is 30.5 Å². The van der Waals surface area contributed by atoms with Crippen molar-refractivity contribution in [2.24, 2.45) is 5.92 Å². The third-order valence-corrected chi connectivity index (χ3v) is 4.83. The molecule has 0 unspecified atom stereocenters. The highest BCUT2D eigenvalue weighted by Gasteiger charge is 2.18. The van der Waals surface area contributed by atoms with Gasteiger partial charge < -0.3 is 9.64 Å². The van der Waals surface area contributed by atoms with Gasteiger partial charge in [0.1, 0.15) is 5.75 Å². The number of nitrogens with zero attached hydrogens (tertiary/aromatic N) is 2. The maximum absolute atomic E-state index is 5.52. The van der Waals surface area contributed by atoms with Gasteiger partial charge in [-0.15, -0.1) is 11.3 Å². The van der Waals surface area contributed by atoms with Gasteiger partial charge in [0, 0.05) is 23.2 Å². The quantitative estimate of drug-likeness (QED) is 0.772. The number of methoxy groups -OCH3 is 1.